The van der Waals surface area contributed by atoms with Crippen molar-refractivity contribution < 1.29 is 13.2 Å². The van der Waals surface area contributed by atoms with E-state index >= 15 is 0 Å². The van der Waals surface area contributed by atoms with Gasteiger partial charge in [0, 0.05) is 12.7 Å². The van der Waals surface area contributed by atoms with Crippen LogP contribution in [0.4, 0.5) is 13.2 Å². The second-order valence-corrected chi connectivity index (χ2v) is 5.46. The molecule has 0 aromatic carbocycles. The first kappa shape index (κ1) is 13.8. The molecule has 0 saturated heterocycles. The summed E-state index contributed by atoms with van der Waals surface area (Å²) < 4.78 is 38.9. The van der Waals surface area contributed by atoms with Gasteiger partial charge in [0.2, 0.25) is 0 Å². The van der Waals surface area contributed by atoms with Gasteiger partial charge in [-0.3, -0.25) is 4.68 Å². The maximum Gasteiger partial charge on any atom is 0.419 e. The van der Waals surface area contributed by atoms with Gasteiger partial charge in [-0.25, -0.2) is 0 Å². The van der Waals surface area contributed by atoms with Crippen molar-refractivity contribution in [1.82, 2.24) is 9.78 Å². The van der Waals surface area contributed by atoms with E-state index in [4.69, 9.17) is 0 Å². The molecule has 0 unspecified atom stereocenters. The van der Waals surface area contributed by atoms with Gasteiger partial charge in [0.05, 0.1) is 11.8 Å². The van der Waals surface area contributed by atoms with Gasteiger partial charge in [-0.05, 0) is 24.0 Å². The first-order valence-corrected chi connectivity index (χ1v) is 6.79. The van der Waals surface area contributed by atoms with Crippen LogP contribution in [0, 0.1) is 5.41 Å². The number of thiol groups is 1. The molecule has 0 aliphatic heterocycles. The Morgan fingerprint density at radius 2 is 1.94 bits per heavy atom. The van der Waals surface area contributed by atoms with Gasteiger partial charge in [0.1, 0.15) is 0 Å². The molecule has 1 aliphatic rings. The highest BCUT2D eigenvalue weighted by atomic mass is 32.1. The third kappa shape index (κ3) is 3.02. The van der Waals surface area contributed by atoms with E-state index < -0.39 is 11.7 Å². The molecule has 102 valence electrons. The Kier molecular flexibility index (Phi) is 3.94. The Balaban J connectivity index is 2.10. The predicted molar refractivity (Wildman–Crippen MR) is 66.6 cm³/mol. The standard InChI is InChI=1S/C12H17F3N2S/c13-12(14,15)10-6-16-17(7-10)8-11(9-18)4-2-1-3-5-11/h6-7,18H,1-5,8-9H2. The lowest BCUT2D eigenvalue weighted by Crippen LogP contribution is -2.31. The van der Waals surface area contributed by atoms with Crippen molar-refractivity contribution >= 4 is 12.6 Å². The van der Waals surface area contributed by atoms with E-state index in [1.165, 1.54) is 11.1 Å². The topological polar surface area (TPSA) is 17.8 Å². The van der Waals surface area contributed by atoms with Gasteiger partial charge in [-0.15, -0.1) is 0 Å². The summed E-state index contributed by atoms with van der Waals surface area (Å²) in [6.45, 7) is 0.534. The van der Waals surface area contributed by atoms with Crippen molar-refractivity contribution in [1.29, 1.82) is 0 Å². The molecule has 1 aliphatic carbocycles. The van der Waals surface area contributed by atoms with Crippen LogP contribution in [-0.2, 0) is 12.7 Å². The van der Waals surface area contributed by atoms with Crippen LogP contribution < -0.4 is 0 Å². The van der Waals surface area contributed by atoms with Gasteiger partial charge in [-0.1, -0.05) is 19.3 Å². The molecule has 2 rings (SSSR count). The zero-order valence-electron chi connectivity index (χ0n) is 10.1. The molecular weight excluding hydrogens is 261 g/mol. The number of hydrogen-bond donors (Lipinski definition) is 1. The molecule has 0 radical (unpaired) electrons. The lowest BCUT2D eigenvalue weighted by Gasteiger charge is -2.35. The minimum absolute atomic E-state index is 0.0102. The van der Waals surface area contributed by atoms with Gasteiger partial charge in [0.15, 0.2) is 0 Å². The molecule has 6 heteroatoms. The van der Waals surface area contributed by atoms with Crippen molar-refractivity contribution in [3.63, 3.8) is 0 Å². The highest BCUT2D eigenvalue weighted by Crippen LogP contribution is 2.39. The lowest BCUT2D eigenvalue weighted by molar-refractivity contribution is -0.137. The number of rotatable bonds is 3. The maximum atomic E-state index is 12.5. The second kappa shape index (κ2) is 5.15. The van der Waals surface area contributed by atoms with Gasteiger partial charge in [0.25, 0.3) is 0 Å². The largest absolute Gasteiger partial charge is 0.419 e. The molecule has 2 nitrogen and oxygen atoms in total. The number of nitrogens with zero attached hydrogens (tertiary/aromatic N) is 2. The first-order valence-electron chi connectivity index (χ1n) is 6.16. The van der Waals surface area contributed by atoms with Crippen LogP contribution in [0.1, 0.15) is 37.7 Å². The summed E-state index contributed by atoms with van der Waals surface area (Å²) in [6.07, 6.45) is 3.22. The molecule has 1 saturated carbocycles. The summed E-state index contributed by atoms with van der Waals surface area (Å²) >= 11 is 4.38. The number of halogens is 3. The van der Waals surface area contributed by atoms with E-state index in [1.54, 1.807) is 0 Å². The molecule has 0 amide bonds. The van der Waals surface area contributed by atoms with E-state index in [-0.39, 0.29) is 5.41 Å². The van der Waals surface area contributed by atoms with Crippen LogP contribution in [0.2, 0.25) is 0 Å². The minimum Gasteiger partial charge on any atom is -0.272 e. The number of alkyl halides is 3. The van der Waals surface area contributed by atoms with Gasteiger partial charge in [-0.2, -0.15) is 30.9 Å². The third-order valence-corrected chi connectivity index (χ3v) is 4.38. The first-order chi connectivity index (χ1) is 8.45. The third-order valence-electron chi connectivity index (χ3n) is 3.71. The average Bonchev–Trinajstić information content (AvgIpc) is 2.78. The summed E-state index contributed by atoms with van der Waals surface area (Å²) in [6, 6.07) is 0. The summed E-state index contributed by atoms with van der Waals surface area (Å²) in [5.74, 6) is 0.703. The minimum atomic E-state index is -4.31. The molecule has 0 atom stereocenters. The van der Waals surface area contributed by atoms with Gasteiger partial charge >= 0.3 is 6.18 Å². The smallest absolute Gasteiger partial charge is 0.272 e. The molecule has 0 N–H and O–H groups in total. The molecule has 1 heterocycles. The van der Waals surface area contributed by atoms with E-state index in [1.807, 2.05) is 0 Å². The van der Waals surface area contributed by atoms with Crippen LogP contribution in [0.5, 0.6) is 0 Å². The normalized spacial score (nSPS) is 20.0. The molecule has 1 aromatic heterocycles. The molecular formula is C12H17F3N2S. The molecule has 1 fully saturated rings. The lowest BCUT2D eigenvalue weighted by atomic mass is 9.75. The van der Waals surface area contributed by atoms with E-state index in [0.717, 1.165) is 38.1 Å². The molecule has 1 aromatic rings. The van der Waals surface area contributed by atoms with E-state index in [0.29, 0.717) is 12.3 Å². The Morgan fingerprint density at radius 1 is 1.28 bits per heavy atom. The molecule has 18 heavy (non-hydrogen) atoms. The molecule has 0 bridgehead atoms. The van der Waals surface area contributed by atoms with Crippen molar-refractivity contribution in [2.75, 3.05) is 5.75 Å². The maximum absolute atomic E-state index is 12.5. The number of aromatic nitrogens is 2. The van der Waals surface area contributed by atoms with E-state index in [2.05, 4.69) is 17.7 Å². The fourth-order valence-electron chi connectivity index (χ4n) is 2.61. The van der Waals surface area contributed by atoms with Crippen molar-refractivity contribution in [2.24, 2.45) is 5.41 Å². The summed E-state index contributed by atoms with van der Waals surface area (Å²) in [5.41, 5.74) is -0.663. The Bertz CT molecular complexity index is 394. The molecule has 0 spiro atoms. The van der Waals surface area contributed by atoms with Crippen molar-refractivity contribution in [3.8, 4) is 0 Å². The fraction of sp³-hybridized carbons (Fsp3) is 0.750. The van der Waals surface area contributed by atoms with Crippen LogP contribution in [0.25, 0.3) is 0 Å². The zero-order valence-corrected chi connectivity index (χ0v) is 11.0. The van der Waals surface area contributed by atoms with E-state index in [9.17, 15) is 13.2 Å². The second-order valence-electron chi connectivity index (χ2n) is 5.14. The average molecular weight is 278 g/mol. The Morgan fingerprint density at radius 3 is 2.44 bits per heavy atom. The highest BCUT2D eigenvalue weighted by Gasteiger charge is 2.34. The SMILES string of the molecule is FC(F)(F)c1cnn(CC2(CS)CCCCC2)c1. The zero-order chi connectivity index (χ0) is 13.2. The van der Waals surface area contributed by atoms with Gasteiger partial charge < -0.3 is 0 Å². The number of hydrogen-bond acceptors (Lipinski definition) is 2. The summed E-state index contributed by atoms with van der Waals surface area (Å²) in [5, 5.41) is 3.83. The van der Waals surface area contributed by atoms with Crippen molar-refractivity contribution in [3.05, 3.63) is 18.0 Å². The quantitative estimate of drug-likeness (QED) is 0.833. The summed E-state index contributed by atoms with van der Waals surface area (Å²) in [7, 11) is 0. The fourth-order valence-corrected chi connectivity index (χ4v) is 3.02. The Labute approximate surface area is 110 Å². The highest BCUT2D eigenvalue weighted by molar-refractivity contribution is 7.80. The Hall–Kier alpha value is -0.650. The van der Waals surface area contributed by atoms with Crippen LogP contribution >= 0.6 is 12.6 Å². The van der Waals surface area contributed by atoms with Crippen LogP contribution in [0.15, 0.2) is 12.4 Å². The van der Waals surface area contributed by atoms with Crippen LogP contribution in [-0.4, -0.2) is 15.5 Å². The summed E-state index contributed by atoms with van der Waals surface area (Å²) in [4.78, 5) is 0. The van der Waals surface area contributed by atoms with Crippen LogP contribution in [0.3, 0.4) is 0 Å². The predicted octanol–water partition coefficient (Wildman–Crippen LogP) is 3.78. The monoisotopic (exact) mass is 278 g/mol. The van der Waals surface area contributed by atoms with Crippen molar-refractivity contribution in [2.45, 2.75) is 44.8 Å².